The van der Waals surface area contributed by atoms with Gasteiger partial charge in [0.1, 0.15) is 11.7 Å². The molecule has 0 spiro atoms. The first kappa shape index (κ1) is 24.5. The number of halogens is 3. The summed E-state index contributed by atoms with van der Waals surface area (Å²) < 4.78 is 38.3. The van der Waals surface area contributed by atoms with Crippen LogP contribution in [0, 0.1) is 13.8 Å². The second-order valence-corrected chi connectivity index (χ2v) is 8.06. The van der Waals surface area contributed by atoms with Crippen LogP contribution in [0.2, 0.25) is 0 Å². The molecule has 0 amide bonds. The lowest BCUT2D eigenvalue weighted by Gasteiger charge is -2.36. The molecule has 0 unspecified atom stereocenters. The second kappa shape index (κ2) is 10.2. The van der Waals surface area contributed by atoms with Crippen molar-refractivity contribution >= 4 is 17.5 Å². The van der Waals surface area contributed by atoms with Gasteiger partial charge >= 0.3 is 6.18 Å². The van der Waals surface area contributed by atoms with Crippen molar-refractivity contribution in [3.05, 3.63) is 40.7 Å². The van der Waals surface area contributed by atoms with Crippen LogP contribution in [-0.4, -0.2) is 73.2 Å². The number of hydrogen-bond acceptors (Lipinski definition) is 8. The van der Waals surface area contributed by atoms with E-state index in [0.717, 1.165) is 40.7 Å². The molecule has 3 rings (SSSR count). The molecule has 3 heterocycles. The van der Waals surface area contributed by atoms with Gasteiger partial charge in [0.2, 0.25) is 0 Å². The lowest BCUT2D eigenvalue weighted by Crippen LogP contribution is -2.47. The highest BCUT2D eigenvalue weighted by atomic mass is 19.4. The number of anilines is 2. The number of pyridine rings is 1. The van der Waals surface area contributed by atoms with Gasteiger partial charge in [-0.15, -0.1) is 5.10 Å². The van der Waals surface area contributed by atoms with Gasteiger partial charge in [0.15, 0.2) is 5.82 Å². The summed E-state index contributed by atoms with van der Waals surface area (Å²) in [5, 5.41) is 13.3. The molecule has 2 aromatic heterocycles. The van der Waals surface area contributed by atoms with Gasteiger partial charge in [-0.1, -0.05) is 0 Å². The summed E-state index contributed by atoms with van der Waals surface area (Å²) in [7, 11) is 5.59. The summed E-state index contributed by atoms with van der Waals surface area (Å²) in [4.78, 5) is 10.1. The average Bonchev–Trinajstić information content (AvgIpc) is 2.79. The Morgan fingerprint density at radius 1 is 1.06 bits per heavy atom. The largest absolute Gasteiger partial charge is 0.417 e. The van der Waals surface area contributed by atoms with Gasteiger partial charge in [-0.2, -0.15) is 23.4 Å². The van der Waals surface area contributed by atoms with Gasteiger partial charge in [0, 0.05) is 53.5 Å². The van der Waals surface area contributed by atoms with E-state index in [1.807, 2.05) is 37.7 Å². The Morgan fingerprint density at radius 3 is 2.27 bits per heavy atom. The molecule has 0 aliphatic carbocycles. The number of likely N-dealkylation sites (N-methyl/N-ethyl adjacent to an activating group) is 1. The number of nitrogens with zero attached hydrogens (tertiary/aromatic N) is 7. The van der Waals surface area contributed by atoms with Crippen LogP contribution in [0.5, 0.6) is 0 Å². The molecule has 0 radical (unpaired) electrons. The van der Waals surface area contributed by atoms with Crippen LogP contribution in [0.25, 0.3) is 0 Å². The number of hydrazone groups is 1. The molecule has 9 nitrogen and oxygen atoms in total. The zero-order chi connectivity index (χ0) is 24.2. The Labute approximate surface area is 191 Å². The fourth-order valence-electron chi connectivity index (χ4n) is 3.57. The van der Waals surface area contributed by atoms with Crippen LogP contribution in [0.15, 0.2) is 23.4 Å². The molecule has 180 valence electrons. The Bertz CT molecular complexity index is 966. The number of hydrazine groups is 1. The minimum Gasteiger partial charge on any atom is -0.364 e. The third-order valence-electron chi connectivity index (χ3n) is 5.71. The van der Waals surface area contributed by atoms with E-state index in [2.05, 4.69) is 36.1 Å². The van der Waals surface area contributed by atoms with Gasteiger partial charge in [-0.3, -0.25) is 0 Å². The lowest BCUT2D eigenvalue weighted by atomic mass is 10.1. The number of piperazine rings is 1. The van der Waals surface area contributed by atoms with Crippen molar-refractivity contribution in [1.29, 1.82) is 0 Å². The van der Waals surface area contributed by atoms with Gasteiger partial charge in [-0.05, 0) is 37.1 Å². The van der Waals surface area contributed by atoms with Crippen LogP contribution in [0.4, 0.5) is 24.8 Å². The summed E-state index contributed by atoms with van der Waals surface area (Å²) in [5.74, 6) is 2.18. The Hall–Kier alpha value is -3.15. The maximum atomic E-state index is 12.8. The number of nitrogens with one attached hydrogen (secondary N) is 2. The van der Waals surface area contributed by atoms with E-state index in [1.165, 1.54) is 6.07 Å². The van der Waals surface area contributed by atoms with Gasteiger partial charge in [-0.25, -0.2) is 15.9 Å². The van der Waals surface area contributed by atoms with Crippen molar-refractivity contribution in [3.63, 3.8) is 0 Å². The monoisotopic (exact) mass is 465 g/mol. The van der Waals surface area contributed by atoms with E-state index in [0.29, 0.717) is 38.4 Å². The Kier molecular flexibility index (Phi) is 7.57. The predicted octanol–water partition coefficient (Wildman–Crippen LogP) is 1.98. The van der Waals surface area contributed by atoms with Crippen molar-refractivity contribution in [2.24, 2.45) is 5.10 Å². The van der Waals surface area contributed by atoms with Crippen molar-refractivity contribution in [3.8, 4) is 0 Å². The van der Waals surface area contributed by atoms with E-state index in [1.54, 1.807) is 7.05 Å². The van der Waals surface area contributed by atoms with Crippen molar-refractivity contribution < 1.29 is 13.2 Å². The fourth-order valence-corrected chi connectivity index (χ4v) is 3.57. The number of alkyl halides is 3. The van der Waals surface area contributed by atoms with Crippen molar-refractivity contribution in [1.82, 2.24) is 31.0 Å². The van der Waals surface area contributed by atoms with Crippen LogP contribution in [-0.2, 0) is 12.6 Å². The van der Waals surface area contributed by atoms with Gasteiger partial charge in [0.25, 0.3) is 0 Å². The first-order valence-electron chi connectivity index (χ1n) is 10.6. The molecule has 1 saturated heterocycles. The maximum absolute atomic E-state index is 12.8. The molecule has 2 N–H and O–H groups in total. The molecule has 1 fully saturated rings. The molecule has 1 aliphatic rings. The molecule has 2 aromatic rings. The van der Waals surface area contributed by atoms with Crippen LogP contribution < -0.4 is 20.8 Å². The molecule has 33 heavy (non-hydrogen) atoms. The summed E-state index contributed by atoms with van der Waals surface area (Å²) in [6.07, 6.45) is -2.96. The maximum Gasteiger partial charge on any atom is 0.417 e. The molecule has 0 aromatic carbocycles. The van der Waals surface area contributed by atoms with Crippen molar-refractivity contribution in [2.75, 3.05) is 57.1 Å². The Balaban J connectivity index is 1.68. The van der Waals surface area contributed by atoms with E-state index in [4.69, 9.17) is 0 Å². The van der Waals surface area contributed by atoms with E-state index in [-0.39, 0.29) is 0 Å². The van der Waals surface area contributed by atoms with E-state index >= 15 is 0 Å². The molecular formula is C21H30F3N9. The second-order valence-electron chi connectivity index (χ2n) is 8.06. The van der Waals surface area contributed by atoms with Crippen LogP contribution in [0.1, 0.15) is 22.4 Å². The molecule has 0 atom stereocenters. The average molecular weight is 466 g/mol. The molecule has 1 aliphatic heterocycles. The summed E-state index contributed by atoms with van der Waals surface area (Å²) in [5.41, 5.74) is 7.76. The van der Waals surface area contributed by atoms with Crippen LogP contribution >= 0.6 is 0 Å². The summed E-state index contributed by atoms with van der Waals surface area (Å²) >= 11 is 0. The quantitative estimate of drug-likeness (QED) is 0.381. The third kappa shape index (κ3) is 5.81. The topological polar surface area (TPSA) is 84.8 Å². The van der Waals surface area contributed by atoms with Crippen LogP contribution in [0.3, 0.4) is 0 Å². The third-order valence-corrected chi connectivity index (χ3v) is 5.71. The highest BCUT2D eigenvalue weighted by Crippen LogP contribution is 2.30. The minimum absolute atomic E-state index is 0.537. The lowest BCUT2D eigenvalue weighted by molar-refractivity contribution is -0.137. The summed E-state index contributed by atoms with van der Waals surface area (Å²) in [6, 6.07) is 2.50. The predicted molar refractivity (Wildman–Crippen MR) is 122 cm³/mol. The minimum atomic E-state index is -4.38. The molecule has 12 heteroatoms. The van der Waals surface area contributed by atoms with Crippen molar-refractivity contribution in [2.45, 2.75) is 26.4 Å². The van der Waals surface area contributed by atoms with Gasteiger partial charge < -0.3 is 14.7 Å². The summed E-state index contributed by atoms with van der Waals surface area (Å²) in [6.45, 7) is 6.68. The number of aromatic nitrogens is 3. The smallest absolute Gasteiger partial charge is 0.364 e. The SMILES string of the molecule is CNNN=C(Cc1nnc(N2CCN(c3ccc(C(F)(F)F)cn3)CC2)c(C)c1C)N(C)C. The highest BCUT2D eigenvalue weighted by Gasteiger charge is 2.31. The zero-order valence-electron chi connectivity index (χ0n) is 19.5. The zero-order valence-corrected chi connectivity index (χ0v) is 19.5. The number of amidine groups is 1. The first-order chi connectivity index (χ1) is 15.6. The molecular weight excluding hydrogens is 435 g/mol. The van der Waals surface area contributed by atoms with E-state index in [9.17, 15) is 13.2 Å². The number of hydrogen-bond donors (Lipinski definition) is 2. The molecule has 0 saturated carbocycles. The Morgan fingerprint density at radius 2 is 1.73 bits per heavy atom. The molecule has 0 bridgehead atoms. The first-order valence-corrected chi connectivity index (χ1v) is 10.6. The van der Waals surface area contributed by atoms with Gasteiger partial charge in [0.05, 0.1) is 17.7 Å². The number of rotatable bonds is 6. The van der Waals surface area contributed by atoms with E-state index < -0.39 is 11.7 Å². The normalized spacial score (nSPS) is 15.1. The highest BCUT2D eigenvalue weighted by molar-refractivity contribution is 5.83. The fraction of sp³-hybridized carbons (Fsp3) is 0.524. The standard InChI is InChI=1S/C21H30F3N9/c1-14-15(2)20(29-27-17(14)12-19(31(4)5)28-30-25-3)33-10-8-32(9-11-33)18-7-6-16(13-26-18)21(22,23)24/h6-7,13,25,30H,8-12H2,1-5H3.